The van der Waals surface area contributed by atoms with E-state index in [4.69, 9.17) is 22.1 Å². The van der Waals surface area contributed by atoms with Crippen molar-refractivity contribution in [3.8, 4) is 5.75 Å². The van der Waals surface area contributed by atoms with E-state index in [1.54, 1.807) is 13.0 Å². The van der Waals surface area contributed by atoms with Crippen LogP contribution in [0.15, 0.2) is 6.07 Å². The molecule has 0 aliphatic rings. The lowest BCUT2D eigenvalue weighted by molar-refractivity contribution is 0.0995. The van der Waals surface area contributed by atoms with E-state index in [0.29, 0.717) is 28.5 Å². The topological polar surface area (TPSA) is 52.3 Å². The first-order valence-corrected chi connectivity index (χ1v) is 5.59. The second kappa shape index (κ2) is 5.21. The third-order valence-electron chi connectivity index (χ3n) is 2.35. The van der Waals surface area contributed by atoms with E-state index in [9.17, 15) is 4.79 Å². The van der Waals surface area contributed by atoms with Gasteiger partial charge in [0.15, 0.2) is 0 Å². The maximum atomic E-state index is 11.4. The van der Waals surface area contributed by atoms with Gasteiger partial charge in [-0.1, -0.05) is 18.5 Å². The molecule has 1 rings (SSSR count). The summed E-state index contributed by atoms with van der Waals surface area (Å²) >= 11 is 6.07. The summed E-state index contributed by atoms with van der Waals surface area (Å²) in [6, 6.07) is 1.76. The van der Waals surface area contributed by atoms with E-state index >= 15 is 0 Å². The van der Waals surface area contributed by atoms with Gasteiger partial charge in [0.2, 0.25) is 0 Å². The SMILES string of the molecule is CCCOc1cc(C)c(Cl)c(C)c1C(N)=O. The average molecular weight is 242 g/mol. The van der Waals surface area contributed by atoms with Crippen LogP contribution in [0.4, 0.5) is 0 Å². The summed E-state index contributed by atoms with van der Waals surface area (Å²) in [7, 11) is 0. The fourth-order valence-electron chi connectivity index (χ4n) is 1.55. The molecule has 0 saturated carbocycles. The standard InChI is InChI=1S/C12H16ClNO2/c1-4-5-16-9-6-7(2)11(13)8(3)10(9)12(14)15/h6H,4-5H2,1-3H3,(H2,14,15). The molecule has 0 spiro atoms. The quantitative estimate of drug-likeness (QED) is 0.881. The second-order valence-electron chi connectivity index (χ2n) is 3.72. The van der Waals surface area contributed by atoms with Gasteiger partial charge in [0, 0.05) is 5.02 Å². The van der Waals surface area contributed by atoms with Crippen LogP contribution in [-0.2, 0) is 0 Å². The molecule has 1 aromatic carbocycles. The first-order valence-electron chi connectivity index (χ1n) is 5.21. The Balaban J connectivity index is 3.29. The number of halogens is 1. The zero-order valence-corrected chi connectivity index (χ0v) is 10.5. The third-order valence-corrected chi connectivity index (χ3v) is 2.93. The molecule has 0 fully saturated rings. The monoisotopic (exact) mass is 241 g/mol. The summed E-state index contributed by atoms with van der Waals surface area (Å²) in [5.41, 5.74) is 7.27. The highest BCUT2D eigenvalue weighted by Crippen LogP contribution is 2.31. The number of benzene rings is 1. The molecule has 2 N–H and O–H groups in total. The first-order chi connectivity index (χ1) is 7.49. The number of primary amides is 1. The number of hydrogen-bond donors (Lipinski definition) is 1. The second-order valence-corrected chi connectivity index (χ2v) is 4.10. The van der Waals surface area contributed by atoms with Gasteiger partial charge in [0.05, 0.1) is 12.2 Å². The Morgan fingerprint density at radius 3 is 2.62 bits per heavy atom. The maximum Gasteiger partial charge on any atom is 0.252 e. The maximum absolute atomic E-state index is 11.4. The van der Waals surface area contributed by atoms with E-state index in [-0.39, 0.29) is 0 Å². The highest BCUT2D eigenvalue weighted by Gasteiger charge is 2.17. The summed E-state index contributed by atoms with van der Waals surface area (Å²) in [6.07, 6.45) is 0.874. The smallest absolute Gasteiger partial charge is 0.252 e. The number of rotatable bonds is 4. The van der Waals surface area contributed by atoms with Crippen molar-refractivity contribution in [3.05, 3.63) is 27.8 Å². The summed E-state index contributed by atoms with van der Waals surface area (Å²) in [5.74, 6) is 0.0132. The Morgan fingerprint density at radius 2 is 2.12 bits per heavy atom. The molecular weight excluding hydrogens is 226 g/mol. The van der Waals surface area contributed by atoms with Crippen LogP contribution in [0.2, 0.25) is 5.02 Å². The fourth-order valence-corrected chi connectivity index (χ4v) is 1.70. The predicted octanol–water partition coefficient (Wildman–Crippen LogP) is 2.84. The van der Waals surface area contributed by atoms with Crippen molar-refractivity contribution in [2.45, 2.75) is 27.2 Å². The summed E-state index contributed by atoms with van der Waals surface area (Å²) in [4.78, 5) is 11.4. The molecule has 16 heavy (non-hydrogen) atoms. The molecule has 0 bridgehead atoms. The van der Waals surface area contributed by atoms with Gasteiger partial charge >= 0.3 is 0 Å². The zero-order valence-electron chi connectivity index (χ0n) is 9.76. The van der Waals surface area contributed by atoms with Crippen LogP contribution in [0.1, 0.15) is 34.8 Å². The van der Waals surface area contributed by atoms with Gasteiger partial charge < -0.3 is 10.5 Å². The Bertz CT molecular complexity index is 416. The summed E-state index contributed by atoms with van der Waals surface area (Å²) in [6.45, 7) is 6.20. The first kappa shape index (κ1) is 12.8. The predicted molar refractivity (Wildman–Crippen MR) is 65.2 cm³/mol. The van der Waals surface area contributed by atoms with Crippen molar-refractivity contribution in [2.75, 3.05) is 6.61 Å². The molecule has 0 radical (unpaired) electrons. The van der Waals surface area contributed by atoms with E-state index in [2.05, 4.69) is 0 Å². The molecule has 1 amide bonds. The van der Waals surface area contributed by atoms with Crippen molar-refractivity contribution in [3.63, 3.8) is 0 Å². The largest absolute Gasteiger partial charge is 0.493 e. The lowest BCUT2D eigenvalue weighted by Crippen LogP contribution is -2.15. The molecule has 0 atom stereocenters. The van der Waals surface area contributed by atoms with Crippen LogP contribution in [-0.4, -0.2) is 12.5 Å². The highest BCUT2D eigenvalue weighted by atomic mass is 35.5. The fraction of sp³-hybridized carbons (Fsp3) is 0.417. The van der Waals surface area contributed by atoms with E-state index in [1.807, 2.05) is 13.8 Å². The number of amides is 1. The van der Waals surface area contributed by atoms with Gasteiger partial charge in [0.1, 0.15) is 5.75 Å². The van der Waals surface area contributed by atoms with E-state index in [1.165, 1.54) is 0 Å². The molecule has 0 unspecified atom stereocenters. The summed E-state index contributed by atoms with van der Waals surface area (Å²) < 4.78 is 5.50. The van der Waals surface area contributed by atoms with Gasteiger partial charge in [-0.2, -0.15) is 0 Å². The molecule has 0 aliphatic carbocycles. The number of carbonyl (C=O) groups is 1. The number of nitrogens with two attached hydrogens (primary N) is 1. The van der Waals surface area contributed by atoms with Crippen LogP contribution in [0.25, 0.3) is 0 Å². The van der Waals surface area contributed by atoms with Crippen LogP contribution >= 0.6 is 11.6 Å². The van der Waals surface area contributed by atoms with Crippen LogP contribution in [0, 0.1) is 13.8 Å². The Labute approximate surface area is 101 Å². The Kier molecular flexibility index (Phi) is 4.19. The molecule has 0 aromatic heterocycles. The molecule has 1 aromatic rings. The molecule has 0 aliphatic heterocycles. The van der Waals surface area contributed by atoms with Gasteiger partial charge in [-0.3, -0.25) is 4.79 Å². The van der Waals surface area contributed by atoms with Crippen molar-refractivity contribution in [2.24, 2.45) is 5.73 Å². The van der Waals surface area contributed by atoms with Crippen molar-refractivity contribution in [1.82, 2.24) is 0 Å². The van der Waals surface area contributed by atoms with Gasteiger partial charge in [-0.15, -0.1) is 0 Å². The van der Waals surface area contributed by atoms with Crippen LogP contribution in [0.3, 0.4) is 0 Å². The van der Waals surface area contributed by atoms with Crippen molar-refractivity contribution < 1.29 is 9.53 Å². The lowest BCUT2D eigenvalue weighted by atomic mass is 10.0. The zero-order chi connectivity index (χ0) is 12.3. The minimum absolute atomic E-state index is 0.379. The molecule has 88 valence electrons. The van der Waals surface area contributed by atoms with Crippen molar-refractivity contribution in [1.29, 1.82) is 0 Å². The average Bonchev–Trinajstić information content (AvgIpc) is 2.22. The Morgan fingerprint density at radius 1 is 1.50 bits per heavy atom. The number of carbonyl (C=O) groups excluding carboxylic acids is 1. The number of aryl methyl sites for hydroxylation is 1. The van der Waals surface area contributed by atoms with Gasteiger partial charge in [-0.05, 0) is 37.5 Å². The molecule has 4 heteroatoms. The third kappa shape index (κ3) is 2.47. The van der Waals surface area contributed by atoms with Crippen LogP contribution < -0.4 is 10.5 Å². The summed E-state index contributed by atoms with van der Waals surface area (Å²) in [5, 5.41) is 0.567. The normalized spacial score (nSPS) is 10.2. The van der Waals surface area contributed by atoms with Crippen LogP contribution in [0.5, 0.6) is 5.75 Å². The molecule has 0 saturated heterocycles. The Hall–Kier alpha value is -1.22. The minimum atomic E-state index is -0.509. The molecular formula is C12H16ClNO2. The molecule has 3 nitrogen and oxygen atoms in total. The van der Waals surface area contributed by atoms with E-state index in [0.717, 1.165) is 12.0 Å². The lowest BCUT2D eigenvalue weighted by Gasteiger charge is -2.14. The highest BCUT2D eigenvalue weighted by molar-refractivity contribution is 6.32. The number of ether oxygens (including phenoxy) is 1. The number of hydrogen-bond acceptors (Lipinski definition) is 2. The van der Waals surface area contributed by atoms with E-state index < -0.39 is 5.91 Å². The van der Waals surface area contributed by atoms with Crippen molar-refractivity contribution >= 4 is 17.5 Å². The van der Waals surface area contributed by atoms with Gasteiger partial charge in [-0.25, -0.2) is 0 Å². The molecule has 0 heterocycles. The van der Waals surface area contributed by atoms with Gasteiger partial charge in [0.25, 0.3) is 5.91 Å². The minimum Gasteiger partial charge on any atom is -0.493 e.